The van der Waals surface area contributed by atoms with Crippen LogP contribution >= 0.6 is 0 Å². The van der Waals surface area contributed by atoms with E-state index in [0.29, 0.717) is 35.5 Å². The highest BCUT2D eigenvalue weighted by Crippen LogP contribution is 2.26. The first kappa shape index (κ1) is 16.8. The molecule has 7 heteroatoms. The van der Waals surface area contributed by atoms with Crippen LogP contribution in [0.1, 0.15) is 28.4 Å². The predicted molar refractivity (Wildman–Crippen MR) is 82.6 cm³/mol. The lowest BCUT2D eigenvalue weighted by Gasteiger charge is -2.33. The molecule has 0 radical (unpaired) electrons. The van der Waals surface area contributed by atoms with Crippen LogP contribution in [0, 0.1) is 13.8 Å². The Bertz CT molecular complexity index is 633. The van der Waals surface area contributed by atoms with Gasteiger partial charge in [-0.2, -0.15) is 0 Å². The van der Waals surface area contributed by atoms with Crippen LogP contribution in [-0.4, -0.2) is 53.5 Å². The van der Waals surface area contributed by atoms with Crippen molar-refractivity contribution in [2.24, 2.45) is 0 Å². The molecule has 2 rings (SSSR count). The lowest BCUT2D eigenvalue weighted by molar-refractivity contribution is -0.139. The molecule has 0 bridgehead atoms. The van der Waals surface area contributed by atoms with E-state index in [0.717, 1.165) is 0 Å². The van der Waals surface area contributed by atoms with Crippen LogP contribution in [0.15, 0.2) is 12.1 Å². The number of carbonyl (C=O) groups is 3. The van der Waals surface area contributed by atoms with E-state index in [9.17, 15) is 14.4 Å². The average Bonchev–Trinajstić information content (AvgIpc) is 2.48. The van der Waals surface area contributed by atoms with Gasteiger partial charge in [-0.3, -0.25) is 9.59 Å². The number of carbonyl (C=O) groups excluding carboxylic acids is 2. The molecule has 0 spiro atoms. The van der Waals surface area contributed by atoms with Crippen molar-refractivity contribution in [1.29, 1.82) is 0 Å². The number of nitrogens with zero attached hydrogens (tertiary/aromatic N) is 1. The molecule has 1 fully saturated rings. The minimum Gasteiger partial charge on any atom is -0.481 e. The van der Waals surface area contributed by atoms with Gasteiger partial charge >= 0.3 is 5.97 Å². The molecule has 1 saturated heterocycles. The summed E-state index contributed by atoms with van der Waals surface area (Å²) in [6.07, 6.45) is 0. The van der Waals surface area contributed by atoms with Crippen molar-refractivity contribution in [3.05, 3.63) is 28.8 Å². The van der Waals surface area contributed by atoms with Gasteiger partial charge in [0.1, 0.15) is 11.8 Å². The molecular formula is C16H20N2O5. The maximum absolute atomic E-state index is 12.6. The van der Waals surface area contributed by atoms with Crippen LogP contribution in [0.25, 0.3) is 0 Å². The van der Waals surface area contributed by atoms with Gasteiger partial charge < -0.3 is 20.1 Å². The number of nitrogens with one attached hydrogen (secondary N) is 1. The Morgan fingerprint density at radius 3 is 2.52 bits per heavy atom. The van der Waals surface area contributed by atoms with Gasteiger partial charge in [0.2, 0.25) is 5.91 Å². The first-order chi connectivity index (χ1) is 10.8. The van der Waals surface area contributed by atoms with Crippen LogP contribution < -0.4 is 10.1 Å². The van der Waals surface area contributed by atoms with Gasteiger partial charge in [-0.1, -0.05) is 0 Å². The fourth-order valence-corrected chi connectivity index (χ4v) is 2.66. The lowest BCUT2D eigenvalue weighted by atomic mass is 10.0. The summed E-state index contributed by atoms with van der Waals surface area (Å²) >= 11 is 0. The molecule has 1 heterocycles. The zero-order valence-electron chi connectivity index (χ0n) is 13.4. The normalized spacial score (nSPS) is 17.6. The summed E-state index contributed by atoms with van der Waals surface area (Å²) < 4.78 is 5.26. The quantitative estimate of drug-likeness (QED) is 0.852. The third-order valence-corrected chi connectivity index (χ3v) is 3.81. The van der Waals surface area contributed by atoms with Gasteiger partial charge in [0.15, 0.2) is 6.61 Å². The van der Waals surface area contributed by atoms with Crippen molar-refractivity contribution in [3.63, 3.8) is 0 Å². The third-order valence-electron chi connectivity index (χ3n) is 3.81. The second-order valence-electron chi connectivity index (χ2n) is 5.59. The number of piperazine rings is 1. The van der Waals surface area contributed by atoms with Crippen LogP contribution in [0.2, 0.25) is 0 Å². The van der Waals surface area contributed by atoms with Gasteiger partial charge in [-0.15, -0.1) is 0 Å². The molecule has 7 nitrogen and oxygen atoms in total. The molecule has 124 valence electrons. The maximum Gasteiger partial charge on any atom is 0.341 e. The number of amides is 2. The number of carboxylic acid groups (broad SMARTS) is 1. The second kappa shape index (κ2) is 6.68. The molecule has 23 heavy (non-hydrogen) atoms. The first-order valence-corrected chi connectivity index (χ1v) is 7.35. The smallest absolute Gasteiger partial charge is 0.341 e. The molecular weight excluding hydrogens is 300 g/mol. The summed E-state index contributed by atoms with van der Waals surface area (Å²) in [5.74, 6) is -0.978. The summed E-state index contributed by atoms with van der Waals surface area (Å²) in [6, 6.07) is 2.80. The Kier molecular flexibility index (Phi) is 4.88. The zero-order valence-corrected chi connectivity index (χ0v) is 13.4. The van der Waals surface area contributed by atoms with Gasteiger partial charge in [0.25, 0.3) is 5.91 Å². The van der Waals surface area contributed by atoms with E-state index in [4.69, 9.17) is 9.84 Å². The standard InChI is InChI=1S/C16H20N2O5/c1-9-6-12(7-10(2)14(9)23-8-13(19)20)16(22)18-5-4-17-15(21)11(18)3/h6-7,11H,4-5,8H2,1-3H3,(H,17,21)(H,19,20). The highest BCUT2D eigenvalue weighted by Gasteiger charge is 2.30. The molecule has 1 aromatic carbocycles. The number of rotatable bonds is 4. The SMILES string of the molecule is Cc1cc(C(=O)N2CCNC(=O)C2C)cc(C)c1OCC(=O)O. The molecule has 1 unspecified atom stereocenters. The maximum atomic E-state index is 12.6. The van der Waals surface area contributed by atoms with Crippen LogP contribution in [0.3, 0.4) is 0 Å². The van der Waals surface area contributed by atoms with Crippen molar-refractivity contribution < 1.29 is 24.2 Å². The minimum atomic E-state index is -1.06. The zero-order chi connectivity index (χ0) is 17.1. The molecule has 0 saturated carbocycles. The number of hydrogen-bond acceptors (Lipinski definition) is 4. The Hall–Kier alpha value is -2.57. The number of ether oxygens (including phenoxy) is 1. The Labute approximate surface area is 134 Å². The third kappa shape index (κ3) is 3.61. The summed E-state index contributed by atoms with van der Waals surface area (Å²) in [6.45, 7) is 5.67. The van der Waals surface area contributed by atoms with E-state index in [1.165, 1.54) is 4.90 Å². The monoisotopic (exact) mass is 320 g/mol. The van der Waals surface area contributed by atoms with E-state index in [1.54, 1.807) is 32.9 Å². The van der Waals surface area contributed by atoms with E-state index in [2.05, 4.69) is 5.32 Å². The largest absolute Gasteiger partial charge is 0.481 e. The van der Waals surface area contributed by atoms with E-state index in [-0.39, 0.29) is 11.8 Å². The minimum absolute atomic E-state index is 0.167. The Morgan fingerprint density at radius 2 is 1.96 bits per heavy atom. The molecule has 1 atom stereocenters. The molecule has 2 amide bonds. The van der Waals surface area contributed by atoms with Crippen LogP contribution in [-0.2, 0) is 9.59 Å². The molecule has 1 aliphatic rings. The van der Waals surface area contributed by atoms with E-state index < -0.39 is 18.6 Å². The highest BCUT2D eigenvalue weighted by atomic mass is 16.5. The van der Waals surface area contributed by atoms with Crippen LogP contribution in [0.4, 0.5) is 0 Å². The Morgan fingerprint density at radius 1 is 1.35 bits per heavy atom. The van der Waals surface area contributed by atoms with Crippen molar-refractivity contribution in [1.82, 2.24) is 10.2 Å². The summed E-state index contributed by atoms with van der Waals surface area (Å²) in [5.41, 5.74) is 1.83. The number of hydrogen-bond donors (Lipinski definition) is 2. The fourth-order valence-electron chi connectivity index (χ4n) is 2.66. The molecule has 1 aliphatic heterocycles. The molecule has 1 aromatic rings. The fraction of sp³-hybridized carbons (Fsp3) is 0.438. The van der Waals surface area contributed by atoms with Crippen molar-refractivity contribution in [3.8, 4) is 5.75 Å². The van der Waals surface area contributed by atoms with E-state index in [1.807, 2.05) is 0 Å². The summed E-state index contributed by atoms with van der Waals surface area (Å²) in [5, 5.41) is 11.4. The van der Waals surface area contributed by atoms with Gasteiger partial charge in [0, 0.05) is 18.7 Å². The average molecular weight is 320 g/mol. The Balaban J connectivity index is 2.24. The number of benzene rings is 1. The first-order valence-electron chi connectivity index (χ1n) is 7.35. The lowest BCUT2D eigenvalue weighted by Crippen LogP contribution is -2.55. The van der Waals surface area contributed by atoms with Crippen molar-refractivity contribution in [2.75, 3.05) is 19.7 Å². The van der Waals surface area contributed by atoms with E-state index >= 15 is 0 Å². The summed E-state index contributed by atoms with van der Waals surface area (Å²) in [7, 11) is 0. The highest BCUT2D eigenvalue weighted by molar-refractivity contribution is 5.98. The number of carboxylic acids is 1. The van der Waals surface area contributed by atoms with Gasteiger partial charge in [-0.25, -0.2) is 4.79 Å². The van der Waals surface area contributed by atoms with Crippen molar-refractivity contribution in [2.45, 2.75) is 26.8 Å². The molecule has 2 N–H and O–H groups in total. The van der Waals surface area contributed by atoms with Crippen molar-refractivity contribution >= 4 is 17.8 Å². The van der Waals surface area contributed by atoms with Gasteiger partial charge in [0.05, 0.1) is 0 Å². The molecule has 0 aliphatic carbocycles. The number of aryl methyl sites for hydroxylation is 2. The second-order valence-corrected chi connectivity index (χ2v) is 5.59. The predicted octanol–water partition coefficient (Wildman–Crippen LogP) is 0.727. The van der Waals surface area contributed by atoms with Gasteiger partial charge in [-0.05, 0) is 44.0 Å². The topological polar surface area (TPSA) is 95.9 Å². The van der Waals surface area contributed by atoms with Crippen LogP contribution in [0.5, 0.6) is 5.75 Å². The molecule has 0 aromatic heterocycles. The number of aliphatic carboxylic acids is 1. The summed E-state index contributed by atoms with van der Waals surface area (Å²) in [4.78, 5) is 36.5.